The van der Waals surface area contributed by atoms with E-state index in [1.54, 1.807) is 0 Å². The van der Waals surface area contributed by atoms with E-state index in [1.165, 1.54) is 18.5 Å². The van der Waals surface area contributed by atoms with Crippen LogP contribution < -0.4 is 14.8 Å². The molecule has 1 aromatic rings. The van der Waals surface area contributed by atoms with Gasteiger partial charge < -0.3 is 14.8 Å². The maximum absolute atomic E-state index is 5.41. The number of nitrogens with one attached hydrogen (secondary N) is 1. The molecule has 0 spiro atoms. The number of likely N-dealkylation sites (tertiary alicyclic amines) is 1. The molecule has 3 rings (SSSR count). The van der Waals surface area contributed by atoms with E-state index in [-0.39, 0.29) is 0 Å². The van der Waals surface area contributed by atoms with Crippen LogP contribution in [0, 0.1) is 0 Å². The molecule has 1 unspecified atom stereocenters. The van der Waals surface area contributed by atoms with Crippen molar-refractivity contribution in [2.45, 2.75) is 25.9 Å². The third kappa shape index (κ3) is 2.44. The van der Waals surface area contributed by atoms with Crippen molar-refractivity contribution in [2.75, 3.05) is 26.4 Å². The van der Waals surface area contributed by atoms with Crippen molar-refractivity contribution < 1.29 is 9.47 Å². The molecule has 1 atom stereocenters. The Morgan fingerprint density at radius 2 is 2.22 bits per heavy atom. The normalized spacial score (nSPS) is 22.6. The predicted octanol–water partition coefficient (Wildman–Crippen LogP) is 1.60. The van der Waals surface area contributed by atoms with Crippen molar-refractivity contribution in [1.82, 2.24) is 10.2 Å². The first-order valence-corrected chi connectivity index (χ1v) is 6.69. The molecule has 1 fully saturated rings. The smallest absolute Gasteiger partial charge is 0.231 e. The summed E-state index contributed by atoms with van der Waals surface area (Å²) in [5.74, 6) is 1.75. The molecule has 1 aromatic carbocycles. The molecule has 0 aromatic heterocycles. The second-order valence-electron chi connectivity index (χ2n) is 4.97. The van der Waals surface area contributed by atoms with Gasteiger partial charge in [-0.1, -0.05) is 13.0 Å². The largest absolute Gasteiger partial charge is 0.454 e. The van der Waals surface area contributed by atoms with E-state index in [1.807, 2.05) is 6.07 Å². The third-order valence-corrected chi connectivity index (χ3v) is 3.61. The van der Waals surface area contributed by atoms with Crippen molar-refractivity contribution in [1.29, 1.82) is 0 Å². The zero-order valence-electron chi connectivity index (χ0n) is 10.8. The van der Waals surface area contributed by atoms with Crippen LogP contribution >= 0.6 is 0 Å². The number of hydrogen-bond acceptors (Lipinski definition) is 4. The van der Waals surface area contributed by atoms with E-state index in [9.17, 15) is 0 Å². The molecule has 2 aliphatic heterocycles. The highest BCUT2D eigenvalue weighted by molar-refractivity contribution is 5.44. The van der Waals surface area contributed by atoms with Crippen LogP contribution in [0.3, 0.4) is 0 Å². The summed E-state index contributed by atoms with van der Waals surface area (Å²) >= 11 is 0. The minimum atomic E-state index is 0.352. The molecule has 4 nitrogen and oxygen atoms in total. The quantitative estimate of drug-likeness (QED) is 0.877. The zero-order valence-corrected chi connectivity index (χ0v) is 10.8. The van der Waals surface area contributed by atoms with Gasteiger partial charge in [-0.05, 0) is 30.7 Å². The van der Waals surface area contributed by atoms with Gasteiger partial charge >= 0.3 is 0 Å². The number of likely N-dealkylation sites (N-methyl/N-ethyl adjacent to an activating group) is 1. The molecule has 4 heteroatoms. The average molecular weight is 248 g/mol. The number of nitrogens with zero attached hydrogens (tertiary/aromatic N) is 1. The first-order valence-electron chi connectivity index (χ1n) is 6.69. The fourth-order valence-corrected chi connectivity index (χ4v) is 2.73. The van der Waals surface area contributed by atoms with Crippen molar-refractivity contribution in [3.63, 3.8) is 0 Å². The van der Waals surface area contributed by atoms with Crippen LogP contribution in [-0.2, 0) is 6.54 Å². The first-order chi connectivity index (χ1) is 8.85. The van der Waals surface area contributed by atoms with Crippen LogP contribution in [0.1, 0.15) is 18.9 Å². The molecular weight excluding hydrogens is 228 g/mol. The number of benzene rings is 1. The van der Waals surface area contributed by atoms with Crippen molar-refractivity contribution in [2.24, 2.45) is 0 Å². The lowest BCUT2D eigenvalue weighted by Gasteiger charge is -2.16. The highest BCUT2D eigenvalue weighted by Crippen LogP contribution is 2.33. The summed E-state index contributed by atoms with van der Waals surface area (Å²) in [4.78, 5) is 2.49. The van der Waals surface area contributed by atoms with Gasteiger partial charge in [0.1, 0.15) is 0 Å². The molecule has 1 N–H and O–H groups in total. The van der Waals surface area contributed by atoms with Crippen molar-refractivity contribution in [3.05, 3.63) is 23.8 Å². The Morgan fingerprint density at radius 3 is 3.11 bits per heavy atom. The van der Waals surface area contributed by atoms with Crippen LogP contribution in [0.5, 0.6) is 11.5 Å². The molecule has 0 bridgehead atoms. The van der Waals surface area contributed by atoms with Crippen LogP contribution in [0.25, 0.3) is 0 Å². The Labute approximate surface area is 108 Å². The monoisotopic (exact) mass is 248 g/mol. The molecular formula is C14H20N2O2. The lowest BCUT2D eigenvalue weighted by Crippen LogP contribution is -2.32. The standard InChI is InChI=1S/C14H20N2O2/c1-2-15-12-5-6-16(9-12)8-11-3-4-13-14(7-11)18-10-17-13/h3-4,7,12,15H,2,5-6,8-10H2,1H3. The molecule has 0 amide bonds. The number of fused-ring (bicyclic) bond motifs is 1. The average Bonchev–Trinajstić information content (AvgIpc) is 2.98. The molecule has 2 heterocycles. The molecule has 0 radical (unpaired) electrons. The summed E-state index contributed by atoms with van der Waals surface area (Å²) < 4.78 is 10.7. The lowest BCUT2D eigenvalue weighted by molar-refractivity contribution is 0.174. The topological polar surface area (TPSA) is 33.7 Å². The minimum Gasteiger partial charge on any atom is -0.454 e. The lowest BCUT2D eigenvalue weighted by atomic mass is 10.2. The van der Waals surface area contributed by atoms with Gasteiger partial charge in [0, 0.05) is 25.7 Å². The second kappa shape index (κ2) is 5.16. The van der Waals surface area contributed by atoms with Gasteiger partial charge in [-0.25, -0.2) is 0 Å². The molecule has 0 aliphatic carbocycles. The summed E-state index contributed by atoms with van der Waals surface area (Å²) in [6.07, 6.45) is 1.25. The highest BCUT2D eigenvalue weighted by Gasteiger charge is 2.22. The Hall–Kier alpha value is -1.26. The maximum Gasteiger partial charge on any atom is 0.231 e. The van der Waals surface area contributed by atoms with Crippen molar-refractivity contribution in [3.8, 4) is 11.5 Å². The van der Waals surface area contributed by atoms with Crippen LogP contribution in [0.15, 0.2) is 18.2 Å². The number of rotatable bonds is 4. The summed E-state index contributed by atoms with van der Waals surface area (Å²) in [6, 6.07) is 6.90. The van der Waals surface area contributed by atoms with E-state index in [4.69, 9.17) is 9.47 Å². The first kappa shape index (κ1) is 11.8. The Kier molecular flexibility index (Phi) is 3.39. The van der Waals surface area contributed by atoms with Gasteiger partial charge in [0.2, 0.25) is 6.79 Å². The predicted molar refractivity (Wildman–Crippen MR) is 69.9 cm³/mol. The number of hydrogen-bond donors (Lipinski definition) is 1. The van der Waals surface area contributed by atoms with E-state index in [2.05, 4.69) is 29.3 Å². The Morgan fingerprint density at radius 1 is 1.33 bits per heavy atom. The van der Waals surface area contributed by atoms with Gasteiger partial charge in [-0.2, -0.15) is 0 Å². The van der Waals surface area contributed by atoms with E-state index >= 15 is 0 Å². The zero-order chi connectivity index (χ0) is 12.4. The summed E-state index contributed by atoms with van der Waals surface area (Å²) in [5, 5.41) is 3.52. The Bertz CT molecular complexity index is 422. The fraction of sp³-hybridized carbons (Fsp3) is 0.571. The van der Waals surface area contributed by atoms with Crippen LogP contribution in [0.4, 0.5) is 0 Å². The van der Waals surface area contributed by atoms with Crippen LogP contribution in [-0.4, -0.2) is 37.4 Å². The van der Waals surface area contributed by atoms with E-state index in [0.29, 0.717) is 12.8 Å². The van der Waals surface area contributed by atoms with E-state index in [0.717, 1.165) is 31.1 Å². The summed E-state index contributed by atoms with van der Waals surface area (Å²) in [5.41, 5.74) is 1.30. The maximum atomic E-state index is 5.41. The van der Waals surface area contributed by atoms with Gasteiger partial charge in [0.25, 0.3) is 0 Å². The summed E-state index contributed by atoms with van der Waals surface area (Å²) in [6.45, 7) is 6.89. The molecule has 18 heavy (non-hydrogen) atoms. The SMILES string of the molecule is CCNC1CCN(Cc2ccc3c(c2)OCO3)C1. The molecule has 98 valence electrons. The number of ether oxygens (including phenoxy) is 2. The second-order valence-corrected chi connectivity index (χ2v) is 4.97. The highest BCUT2D eigenvalue weighted by atomic mass is 16.7. The molecule has 2 aliphatic rings. The van der Waals surface area contributed by atoms with Gasteiger partial charge in [-0.15, -0.1) is 0 Å². The van der Waals surface area contributed by atoms with E-state index < -0.39 is 0 Å². The molecule has 1 saturated heterocycles. The fourth-order valence-electron chi connectivity index (χ4n) is 2.73. The van der Waals surface area contributed by atoms with Gasteiger partial charge in [-0.3, -0.25) is 4.90 Å². The molecule has 0 saturated carbocycles. The minimum absolute atomic E-state index is 0.352. The van der Waals surface area contributed by atoms with Crippen molar-refractivity contribution >= 4 is 0 Å². The summed E-state index contributed by atoms with van der Waals surface area (Å²) in [7, 11) is 0. The third-order valence-electron chi connectivity index (χ3n) is 3.61. The van der Waals surface area contributed by atoms with Gasteiger partial charge in [0.15, 0.2) is 11.5 Å². The van der Waals surface area contributed by atoms with Crippen LogP contribution in [0.2, 0.25) is 0 Å². The van der Waals surface area contributed by atoms with Gasteiger partial charge in [0.05, 0.1) is 0 Å². The Balaban J connectivity index is 1.60.